The summed E-state index contributed by atoms with van der Waals surface area (Å²) in [6, 6.07) is 4.81. The van der Waals surface area contributed by atoms with E-state index in [1.165, 1.54) is 18.2 Å². The lowest BCUT2D eigenvalue weighted by atomic mass is 10.1. The van der Waals surface area contributed by atoms with Crippen LogP contribution in [0, 0.1) is 0 Å². The number of carbonyl (C=O) groups excluding carboxylic acids is 2. The van der Waals surface area contributed by atoms with E-state index in [9.17, 15) is 22.8 Å². The molecule has 2 N–H and O–H groups in total. The Balaban J connectivity index is 0.00000210. The molecule has 1 aromatic carbocycles. The molecule has 2 saturated heterocycles. The smallest absolute Gasteiger partial charge is 0.339 e. The van der Waals surface area contributed by atoms with Gasteiger partial charge in [-0.25, -0.2) is 0 Å². The zero-order valence-corrected chi connectivity index (χ0v) is 17.3. The van der Waals surface area contributed by atoms with Gasteiger partial charge in [-0.2, -0.15) is 13.2 Å². The molecular weight excluding hydrogens is 432 g/mol. The second-order valence-corrected chi connectivity index (χ2v) is 6.84. The van der Waals surface area contributed by atoms with Gasteiger partial charge >= 0.3 is 6.18 Å². The second-order valence-electron chi connectivity index (χ2n) is 6.84. The molecule has 0 saturated carbocycles. The fraction of sp³-hybridized carbons (Fsp3) is 0.556. The SMILES string of the molecule is Cl.Cl.O=C(CN1CCN(C(=O)C2CCCN2)CC1)Nc1ccccc1C(F)(F)F. The highest BCUT2D eigenvalue weighted by Crippen LogP contribution is 2.34. The van der Waals surface area contributed by atoms with Gasteiger partial charge in [-0.15, -0.1) is 24.8 Å². The summed E-state index contributed by atoms with van der Waals surface area (Å²) < 4.78 is 39.0. The van der Waals surface area contributed by atoms with E-state index in [1.54, 1.807) is 4.90 Å². The molecule has 1 atom stereocenters. The molecule has 0 aromatic heterocycles. The third-order valence-corrected chi connectivity index (χ3v) is 4.92. The van der Waals surface area contributed by atoms with E-state index in [-0.39, 0.29) is 49.0 Å². The van der Waals surface area contributed by atoms with Crippen LogP contribution in [0.1, 0.15) is 18.4 Å². The molecule has 0 spiro atoms. The fourth-order valence-electron chi connectivity index (χ4n) is 3.47. The number of halogens is 5. The van der Waals surface area contributed by atoms with Crippen LogP contribution in [0.3, 0.4) is 0 Å². The Morgan fingerprint density at radius 3 is 2.34 bits per heavy atom. The van der Waals surface area contributed by atoms with Gasteiger partial charge < -0.3 is 15.5 Å². The van der Waals surface area contributed by atoms with E-state index < -0.39 is 17.6 Å². The van der Waals surface area contributed by atoms with Crippen molar-refractivity contribution in [3.8, 4) is 0 Å². The molecular formula is C18H25Cl2F3N4O2. The Labute approximate surface area is 180 Å². The van der Waals surface area contributed by atoms with Crippen molar-refractivity contribution < 1.29 is 22.8 Å². The van der Waals surface area contributed by atoms with E-state index in [0.29, 0.717) is 26.2 Å². The van der Waals surface area contributed by atoms with Crippen molar-refractivity contribution in [3.05, 3.63) is 29.8 Å². The number of alkyl halides is 3. The lowest BCUT2D eigenvalue weighted by molar-refractivity contribution is -0.137. The first-order chi connectivity index (χ1) is 12.8. The predicted octanol–water partition coefficient (Wildman–Crippen LogP) is 2.38. The molecule has 29 heavy (non-hydrogen) atoms. The number of nitrogens with one attached hydrogen (secondary N) is 2. The maximum atomic E-state index is 13.0. The third-order valence-electron chi connectivity index (χ3n) is 4.92. The zero-order valence-electron chi connectivity index (χ0n) is 15.7. The van der Waals surface area contributed by atoms with Gasteiger partial charge in [-0.1, -0.05) is 12.1 Å². The van der Waals surface area contributed by atoms with Crippen LogP contribution in [0.5, 0.6) is 0 Å². The summed E-state index contributed by atoms with van der Waals surface area (Å²) in [5.74, 6) is -0.403. The highest BCUT2D eigenvalue weighted by molar-refractivity contribution is 5.93. The Morgan fingerprint density at radius 1 is 1.10 bits per heavy atom. The summed E-state index contributed by atoms with van der Waals surface area (Å²) in [6.07, 6.45) is -2.68. The zero-order chi connectivity index (χ0) is 19.4. The maximum absolute atomic E-state index is 13.0. The van der Waals surface area contributed by atoms with Crippen molar-refractivity contribution >= 4 is 42.3 Å². The van der Waals surface area contributed by atoms with E-state index in [2.05, 4.69) is 10.6 Å². The van der Waals surface area contributed by atoms with E-state index in [1.807, 2.05) is 4.90 Å². The molecule has 6 nitrogen and oxygen atoms in total. The van der Waals surface area contributed by atoms with Gasteiger partial charge in [0.2, 0.25) is 11.8 Å². The molecule has 2 fully saturated rings. The molecule has 3 rings (SSSR count). The lowest BCUT2D eigenvalue weighted by Gasteiger charge is -2.35. The number of hydrogen-bond acceptors (Lipinski definition) is 4. The van der Waals surface area contributed by atoms with Gasteiger partial charge in [0.25, 0.3) is 0 Å². The normalized spacial score (nSPS) is 19.8. The number of rotatable bonds is 4. The Morgan fingerprint density at radius 2 is 1.76 bits per heavy atom. The highest BCUT2D eigenvalue weighted by atomic mass is 35.5. The molecule has 2 amide bonds. The standard InChI is InChI=1S/C18H23F3N4O2.2ClH/c19-18(20,21)13-4-1-2-5-14(13)23-16(26)12-24-8-10-25(11-9-24)17(27)15-6-3-7-22-15;;/h1-2,4-5,15,22H,3,6-12H2,(H,23,26);2*1H. The largest absolute Gasteiger partial charge is 0.418 e. The quantitative estimate of drug-likeness (QED) is 0.729. The van der Waals surface area contributed by atoms with Gasteiger partial charge in [0.15, 0.2) is 0 Å². The van der Waals surface area contributed by atoms with Gasteiger partial charge in [-0.3, -0.25) is 14.5 Å². The number of para-hydroxylation sites is 1. The molecule has 0 radical (unpaired) electrons. The molecule has 1 aromatic rings. The van der Waals surface area contributed by atoms with Crippen molar-refractivity contribution in [1.29, 1.82) is 0 Å². The van der Waals surface area contributed by atoms with Crippen molar-refractivity contribution in [2.75, 3.05) is 44.6 Å². The van der Waals surface area contributed by atoms with Crippen LogP contribution in [-0.4, -0.2) is 66.9 Å². The Kier molecular flexibility index (Phi) is 9.67. The first-order valence-electron chi connectivity index (χ1n) is 9.05. The number of nitrogens with zero attached hydrogens (tertiary/aromatic N) is 2. The van der Waals surface area contributed by atoms with Crippen LogP contribution in [0.4, 0.5) is 18.9 Å². The van der Waals surface area contributed by atoms with Crippen LogP contribution >= 0.6 is 24.8 Å². The van der Waals surface area contributed by atoms with E-state index >= 15 is 0 Å². The summed E-state index contributed by atoms with van der Waals surface area (Å²) in [5.41, 5.74) is -1.10. The molecule has 164 valence electrons. The first-order valence-corrected chi connectivity index (χ1v) is 9.05. The fourth-order valence-corrected chi connectivity index (χ4v) is 3.47. The van der Waals surface area contributed by atoms with Crippen LogP contribution in [0.25, 0.3) is 0 Å². The molecule has 2 heterocycles. The van der Waals surface area contributed by atoms with Crippen molar-refractivity contribution in [2.24, 2.45) is 0 Å². The van der Waals surface area contributed by atoms with Gasteiger partial charge in [0.1, 0.15) is 0 Å². The Bertz CT molecular complexity index is 692. The number of benzene rings is 1. The van der Waals surface area contributed by atoms with Crippen molar-refractivity contribution in [3.63, 3.8) is 0 Å². The average molecular weight is 457 g/mol. The number of amides is 2. The van der Waals surface area contributed by atoms with Crippen LogP contribution in [0.2, 0.25) is 0 Å². The minimum Gasteiger partial charge on any atom is -0.339 e. The summed E-state index contributed by atoms with van der Waals surface area (Å²) in [7, 11) is 0. The summed E-state index contributed by atoms with van der Waals surface area (Å²) in [4.78, 5) is 28.2. The maximum Gasteiger partial charge on any atom is 0.418 e. The van der Waals surface area contributed by atoms with Gasteiger partial charge in [0, 0.05) is 26.2 Å². The summed E-state index contributed by atoms with van der Waals surface area (Å²) in [6.45, 7) is 2.93. The van der Waals surface area contributed by atoms with Crippen LogP contribution < -0.4 is 10.6 Å². The molecule has 2 aliphatic rings. The molecule has 1 unspecified atom stereocenters. The summed E-state index contributed by atoms with van der Waals surface area (Å²) >= 11 is 0. The molecule has 0 bridgehead atoms. The number of carbonyl (C=O) groups is 2. The first kappa shape index (κ1) is 25.5. The van der Waals surface area contributed by atoms with E-state index in [0.717, 1.165) is 25.5 Å². The average Bonchev–Trinajstić information content (AvgIpc) is 3.16. The van der Waals surface area contributed by atoms with Crippen LogP contribution in [0.15, 0.2) is 24.3 Å². The highest BCUT2D eigenvalue weighted by Gasteiger charge is 2.34. The number of piperazine rings is 1. The monoisotopic (exact) mass is 456 g/mol. The second kappa shape index (κ2) is 11.0. The van der Waals surface area contributed by atoms with Gasteiger partial charge in [-0.05, 0) is 31.5 Å². The van der Waals surface area contributed by atoms with Crippen LogP contribution in [-0.2, 0) is 15.8 Å². The lowest BCUT2D eigenvalue weighted by Crippen LogP contribution is -2.54. The van der Waals surface area contributed by atoms with E-state index in [4.69, 9.17) is 0 Å². The number of anilines is 1. The topological polar surface area (TPSA) is 64.7 Å². The minimum atomic E-state index is -4.52. The molecule has 11 heteroatoms. The van der Waals surface area contributed by atoms with Crippen molar-refractivity contribution in [1.82, 2.24) is 15.1 Å². The Hall–Kier alpha value is -1.55. The third kappa shape index (κ3) is 6.74. The summed E-state index contributed by atoms with van der Waals surface area (Å²) in [5, 5.41) is 5.53. The molecule has 2 aliphatic heterocycles. The van der Waals surface area contributed by atoms with Crippen molar-refractivity contribution in [2.45, 2.75) is 25.1 Å². The minimum absolute atomic E-state index is 0. The molecule has 0 aliphatic carbocycles. The van der Waals surface area contributed by atoms with Gasteiger partial charge in [0.05, 0.1) is 23.8 Å². The number of hydrogen-bond donors (Lipinski definition) is 2. The predicted molar refractivity (Wildman–Crippen MR) is 109 cm³/mol.